The van der Waals surface area contributed by atoms with Crippen molar-refractivity contribution in [3.05, 3.63) is 83.9 Å². The predicted molar refractivity (Wildman–Crippen MR) is 134 cm³/mol. The maximum absolute atomic E-state index is 13.5. The predicted octanol–water partition coefficient (Wildman–Crippen LogP) is 3.66. The van der Waals surface area contributed by atoms with Crippen LogP contribution in [0.15, 0.2) is 77.7 Å². The lowest BCUT2D eigenvalue weighted by Crippen LogP contribution is -2.39. The highest BCUT2D eigenvalue weighted by Crippen LogP contribution is 2.34. The fraction of sp³-hybridized carbons (Fsp3) is 0.259. The number of anilines is 1. The fourth-order valence-electron chi connectivity index (χ4n) is 4.65. The van der Waals surface area contributed by atoms with Crippen LogP contribution in [0.25, 0.3) is 0 Å². The highest BCUT2D eigenvalue weighted by Gasteiger charge is 2.40. The van der Waals surface area contributed by atoms with Gasteiger partial charge in [-0.05, 0) is 60.9 Å². The normalized spacial score (nSPS) is 17.9. The van der Waals surface area contributed by atoms with Gasteiger partial charge in [0.15, 0.2) is 0 Å². The van der Waals surface area contributed by atoms with Crippen molar-refractivity contribution in [3.63, 3.8) is 0 Å². The number of fused-ring (bicyclic) bond motifs is 1. The molecule has 5 rings (SSSR count). The Morgan fingerprint density at radius 2 is 1.69 bits per heavy atom. The zero-order chi connectivity index (χ0) is 25.3. The number of Topliss-reactive ketones (excluding diaryl/α,β-unsaturated/α-hetero) is 1. The summed E-state index contributed by atoms with van der Waals surface area (Å²) in [5, 5.41) is 0. The van der Waals surface area contributed by atoms with E-state index < -0.39 is 21.7 Å². The van der Waals surface area contributed by atoms with E-state index in [-0.39, 0.29) is 29.7 Å². The molecule has 1 atom stereocenters. The zero-order valence-corrected chi connectivity index (χ0v) is 20.6. The smallest absolute Gasteiger partial charge is 0.299 e. The first-order valence-corrected chi connectivity index (χ1v) is 13.2. The van der Waals surface area contributed by atoms with Crippen LogP contribution in [0.4, 0.5) is 5.69 Å². The minimum Gasteiger partial charge on any atom is -0.497 e. The topological polar surface area (TPSA) is 93.2 Å². The third kappa shape index (κ3) is 4.47. The van der Waals surface area contributed by atoms with Crippen molar-refractivity contribution < 1.29 is 27.5 Å². The molecule has 2 aliphatic rings. The summed E-state index contributed by atoms with van der Waals surface area (Å²) in [4.78, 5) is 26.9. The molecule has 0 radical (unpaired) electrons. The van der Waals surface area contributed by atoms with Gasteiger partial charge in [-0.2, -0.15) is 4.31 Å². The van der Waals surface area contributed by atoms with Crippen molar-refractivity contribution in [2.75, 3.05) is 25.2 Å². The summed E-state index contributed by atoms with van der Waals surface area (Å²) >= 11 is 0. The van der Waals surface area contributed by atoms with Crippen LogP contribution in [0.5, 0.6) is 11.5 Å². The van der Waals surface area contributed by atoms with Gasteiger partial charge in [-0.1, -0.05) is 30.3 Å². The van der Waals surface area contributed by atoms with Crippen molar-refractivity contribution in [1.29, 1.82) is 0 Å². The Bertz CT molecular complexity index is 1390. The molecule has 0 aliphatic carbocycles. The van der Waals surface area contributed by atoms with E-state index in [0.29, 0.717) is 30.2 Å². The van der Waals surface area contributed by atoms with Crippen LogP contribution < -0.4 is 14.4 Å². The molecular weight excluding hydrogens is 480 g/mol. The SMILES string of the molecule is COc1ccc(CN2C(=O)C(=O)c3cc(S(=O)(=O)N4CCCC4COc4ccccc4)ccc32)cc1. The van der Waals surface area contributed by atoms with E-state index in [9.17, 15) is 18.0 Å². The molecule has 3 aromatic carbocycles. The number of hydrogen-bond acceptors (Lipinski definition) is 6. The van der Waals surface area contributed by atoms with E-state index in [1.54, 1.807) is 25.3 Å². The van der Waals surface area contributed by atoms with Gasteiger partial charge < -0.3 is 14.4 Å². The van der Waals surface area contributed by atoms with Crippen LogP contribution in [-0.4, -0.2) is 50.7 Å². The van der Waals surface area contributed by atoms with Crippen molar-refractivity contribution >= 4 is 27.4 Å². The molecule has 186 valence electrons. The number of carbonyl (C=O) groups excluding carboxylic acids is 2. The van der Waals surface area contributed by atoms with Gasteiger partial charge >= 0.3 is 0 Å². The second-order valence-electron chi connectivity index (χ2n) is 8.78. The Labute approximate surface area is 210 Å². The highest BCUT2D eigenvalue weighted by atomic mass is 32.2. The van der Waals surface area contributed by atoms with Crippen molar-refractivity contribution in [2.45, 2.75) is 30.3 Å². The summed E-state index contributed by atoms with van der Waals surface area (Å²) in [6, 6.07) is 20.5. The van der Waals surface area contributed by atoms with Crippen LogP contribution in [0.3, 0.4) is 0 Å². The Morgan fingerprint density at radius 3 is 2.42 bits per heavy atom. The monoisotopic (exact) mass is 506 g/mol. The zero-order valence-electron chi connectivity index (χ0n) is 19.8. The van der Waals surface area contributed by atoms with E-state index in [2.05, 4.69) is 0 Å². The number of carbonyl (C=O) groups is 2. The fourth-order valence-corrected chi connectivity index (χ4v) is 6.35. The summed E-state index contributed by atoms with van der Waals surface area (Å²) in [6.07, 6.45) is 1.41. The second kappa shape index (κ2) is 9.75. The average molecular weight is 507 g/mol. The molecule has 0 N–H and O–H groups in total. The molecule has 8 nitrogen and oxygen atoms in total. The van der Waals surface area contributed by atoms with Gasteiger partial charge in [0.05, 0.1) is 35.8 Å². The number of rotatable bonds is 8. The molecule has 1 fully saturated rings. The lowest BCUT2D eigenvalue weighted by molar-refractivity contribution is -0.114. The maximum atomic E-state index is 13.5. The van der Waals surface area contributed by atoms with Crippen LogP contribution in [0.2, 0.25) is 0 Å². The molecule has 1 amide bonds. The van der Waals surface area contributed by atoms with Gasteiger partial charge in [-0.25, -0.2) is 8.42 Å². The van der Waals surface area contributed by atoms with Crippen LogP contribution in [-0.2, 0) is 21.4 Å². The molecule has 0 aromatic heterocycles. The number of ketones is 1. The number of benzene rings is 3. The molecule has 2 aliphatic heterocycles. The van der Waals surface area contributed by atoms with Crippen molar-refractivity contribution in [3.8, 4) is 11.5 Å². The lowest BCUT2D eigenvalue weighted by Gasteiger charge is -2.24. The largest absolute Gasteiger partial charge is 0.497 e. The van der Waals surface area contributed by atoms with Gasteiger partial charge in [-0.15, -0.1) is 0 Å². The number of sulfonamides is 1. The summed E-state index contributed by atoms with van der Waals surface area (Å²) in [6.45, 7) is 0.804. The number of methoxy groups -OCH3 is 1. The first kappa shape index (κ1) is 24.0. The summed E-state index contributed by atoms with van der Waals surface area (Å²) in [7, 11) is -2.31. The molecule has 9 heteroatoms. The number of ether oxygens (including phenoxy) is 2. The van der Waals surface area contributed by atoms with E-state index in [4.69, 9.17) is 9.47 Å². The molecule has 36 heavy (non-hydrogen) atoms. The van der Waals surface area contributed by atoms with Crippen molar-refractivity contribution in [2.24, 2.45) is 0 Å². The summed E-state index contributed by atoms with van der Waals surface area (Å²) in [5.41, 5.74) is 1.33. The number of para-hydroxylation sites is 1. The van der Waals surface area contributed by atoms with Gasteiger partial charge in [0.25, 0.3) is 11.7 Å². The number of hydrogen-bond donors (Lipinski definition) is 0. The van der Waals surface area contributed by atoms with Gasteiger partial charge in [-0.3, -0.25) is 9.59 Å². The van der Waals surface area contributed by atoms with E-state index >= 15 is 0 Å². The quantitative estimate of drug-likeness (QED) is 0.433. The van der Waals surface area contributed by atoms with Gasteiger partial charge in [0.1, 0.15) is 18.1 Å². The second-order valence-corrected chi connectivity index (χ2v) is 10.7. The molecule has 2 heterocycles. The van der Waals surface area contributed by atoms with Gasteiger partial charge in [0.2, 0.25) is 10.0 Å². The molecule has 1 saturated heterocycles. The standard InChI is InChI=1S/C27H26N2O6S/c1-34-21-11-9-19(10-12-21)17-28-25-14-13-23(16-24(25)26(30)27(28)31)36(32,33)29-15-5-6-20(29)18-35-22-7-3-2-4-8-22/h2-4,7-14,16,20H,5-6,15,17-18H2,1H3. The Morgan fingerprint density at radius 1 is 0.944 bits per heavy atom. The van der Waals surface area contributed by atoms with Crippen LogP contribution >= 0.6 is 0 Å². The van der Waals surface area contributed by atoms with Crippen LogP contribution in [0.1, 0.15) is 28.8 Å². The first-order valence-electron chi connectivity index (χ1n) is 11.7. The van der Waals surface area contributed by atoms with Crippen molar-refractivity contribution in [1.82, 2.24) is 4.31 Å². The Kier molecular flexibility index (Phi) is 6.51. The first-order chi connectivity index (χ1) is 17.4. The minimum atomic E-state index is -3.88. The molecule has 0 spiro atoms. The number of nitrogens with zero attached hydrogens (tertiary/aromatic N) is 2. The molecule has 0 bridgehead atoms. The maximum Gasteiger partial charge on any atom is 0.299 e. The number of amides is 1. The van der Waals surface area contributed by atoms with Crippen LogP contribution in [0, 0.1) is 0 Å². The lowest BCUT2D eigenvalue weighted by atomic mass is 10.1. The van der Waals surface area contributed by atoms with E-state index in [1.807, 2.05) is 42.5 Å². The molecule has 1 unspecified atom stereocenters. The Balaban J connectivity index is 1.37. The van der Waals surface area contributed by atoms with E-state index in [1.165, 1.54) is 21.3 Å². The Hall–Kier alpha value is -3.69. The summed E-state index contributed by atoms with van der Waals surface area (Å²) in [5.74, 6) is -0.0147. The third-order valence-corrected chi connectivity index (χ3v) is 8.51. The average Bonchev–Trinajstić information content (AvgIpc) is 3.48. The molecular formula is C27H26N2O6S. The minimum absolute atomic E-state index is 0.000286. The highest BCUT2D eigenvalue weighted by molar-refractivity contribution is 7.89. The molecule has 3 aromatic rings. The van der Waals surface area contributed by atoms with Gasteiger partial charge in [0, 0.05) is 6.54 Å². The summed E-state index contributed by atoms with van der Waals surface area (Å²) < 4.78 is 39.5. The molecule has 0 saturated carbocycles. The van der Waals surface area contributed by atoms with E-state index in [0.717, 1.165) is 12.0 Å². The third-order valence-electron chi connectivity index (χ3n) is 6.56.